The molecule has 2 N–H and O–H groups in total. The van der Waals surface area contributed by atoms with E-state index < -0.39 is 0 Å². The predicted octanol–water partition coefficient (Wildman–Crippen LogP) is 3.36. The monoisotopic (exact) mass is 297 g/mol. The molecule has 2 amide bonds. The first-order chi connectivity index (χ1) is 10.7. The van der Waals surface area contributed by atoms with Crippen LogP contribution in [0.5, 0.6) is 0 Å². The molecule has 0 saturated heterocycles. The maximum atomic E-state index is 12.3. The van der Waals surface area contributed by atoms with E-state index in [9.17, 15) is 4.79 Å². The van der Waals surface area contributed by atoms with Crippen molar-refractivity contribution < 1.29 is 4.79 Å². The lowest BCUT2D eigenvalue weighted by molar-refractivity contribution is 0.231. The molecule has 3 atom stereocenters. The van der Waals surface area contributed by atoms with E-state index in [1.54, 1.807) is 0 Å². The molecule has 0 heterocycles. The second-order valence-corrected chi connectivity index (χ2v) is 6.60. The molecule has 0 unspecified atom stereocenters. The highest BCUT2D eigenvalue weighted by Gasteiger charge is 2.27. The summed E-state index contributed by atoms with van der Waals surface area (Å²) in [7, 11) is 0. The number of hydrogen-bond acceptors (Lipinski definition) is 2. The van der Waals surface area contributed by atoms with Crippen LogP contribution in [0.15, 0.2) is 18.2 Å². The molecule has 1 aromatic rings. The molecule has 22 heavy (non-hydrogen) atoms. The predicted molar refractivity (Wildman–Crippen MR) is 85.3 cm³/mol. The van der Waals surface area contributed by atoms with Gasteiger partial charge in [-0.1, -0.05) is 23.8 Å². The zero-order valence-electron chi connectivity index (χ0n) is 13.1. The van der Waals surface area contributed by atoms with Gasteiger partial charge in [-0.05, 0) is 56.6 Å². The molecular formula is C18H23N3O. The third kappa shape index (κ3) is 3.24. The van der Waals surface area contributed by atoms with Gasteiger partial charge in [0.2, 0.25) is 0 Å². The van der Waals surface area contributed by atoms with Crippen LogP contribution in [0.3, 0.4) is 0 Å². The molecule has 1 fully saturated rings. The fourth-order valence-corrected chi connectivity index (χ4v) is 3.68. The first-order valence-corrected chi connectivity index (χ1v) is 8.22. The highest BCUT2D eigenvalue weighted by atomic mass is 16.2. The number of carbonyl (C=O) groups is 1. The number of nitrogens with one attached hydrogen (secondary N) is 2. The summed E-state index contributed by atoms with van der Waals surface area (Å²) in [6.45, 7) is 2.09. The number of nitrogens with zero attached hydrogens (tertiary/aromatic N) is 1. The summed E-state index contributed by atoms with van der Waals surface area (Å²) < 4.78 is 0. The topological polar surface area (TPSA) is 64.9 Å². The lowest BCUT2D eigenvalue weighted by Crippen LogP contribution is -2.43. The molecule has 3 rings (SSSR count). The van der Waals surface area contributed by atoms with Crippen molar-refractivity contribution >= 4 is 6.03 Å². The number of aryl methyl sites for hydroxylation is 2. The summed E-state index contributed by atoms with van der Waals surface area (Å²) in [5, 5.41) is 15.1. The molecule has 4 heteroatoms. The molecule has 1 saturated carbocycles. The molecule has 0 aliphatic heterocycles. The average Bonchev–Trinajstić information content (AvgIpc) is 2.95. The Bertz CT molecular complexity index is 605. The van der Waals surface area contributed by atoms with Gasteiger partial charge >= 0.3 is 6.03 Å². The normalized spacial score (nSPS) is 26.8. The average molecular weight is 297 g/mol. The van der Waals surface area contributed by atoms with Crippen molar-refractivity contribution in [1.29, 1.82) is 5.26 Å². The second kappa shape index (κ2) is 6.39. The molecule has 0 aromatic heterocycles. The van der Waals surface area contributed by atoms with Crippen LogP contribution < -0.4 is 10.6 Å². The Labute approximate surface area is 131 Å². The molecule has 1 aromatic carbocycles. The first kappa shape index (κ1) is 14.9. The fourth-order valence-electron chi connectivity index (χ4n) is 3.68. The van der Waals surface area contributed by atoms with Crippen LogP contribution in [-0.2, 0) is 6.42 Å². The van der Waals surface area contributed by atoms with Crippen LogP contribution in [-0.4, -0.2) is 12.1 Å². The highest BCUT2D eigenvalue weighted by molar-refractivity contribution is 5.75. The molecule has 0 radical (unpaired) electrons. The van der Waals surface area contributed by atoms with Gasteiger partial charge in [-0.2, -0.15) is 5.26 Å². The smallest absolute Gasteiger partial charge is 0.315 e. The van der Waals surface area contributed by atoms with Gasteiger partial charge in [0.15, 0.2) is 0 Å². The quantitative estimate of drug-likeness (QED) is 0.879. The number of rotatable bonds is 2. The van der Waals surface area contributed by atoms with Crippen LogP contribution in [0.4, 0.5) is 4.79 Å². The Morgan fingerprint density at radius 3 is 2.91 bits per heavy atom. The van der Waals surface area contributed by atoms with E-state index in [4.69, 9.17) is 5.26 Å². The Kier molecular flexibility index (Phi) is 4.33. The number of urea groups is 1. The zero-order valence-corrected chi connectivity index (χ0v) is 13.1. The Morgan fingerprint density at radius 1 is 1.27 bits per heavy atom. The summed E-state index contributed by atoms with van der Waals surface area (Å²) in [4.78, 5) is 12.3. The van der Waals surface area contributed by atoms with Crippen molar-refractivity contribution in [1.82, 2.24) is 10.6 Å². The molecule has 0 bridgehead atoms. The van der Waals surface area contributed by atoms with Gasteiger partial charge in [0, 0.05) is 12.0 Å². The van der Waals surface area contributed by atoms with Crippen LogP contribution in [0, 0.1) is 24.2 Å². The highest BCUT2D eigenvalue weighted by Crippen LogP contribution is 2.30. The molecule has 4 nitrogen and oxygen atoms in total. The van der Waals surface area contributed by atoms with Crippen molar-refractivity contribution in [2.75, 3.05) is 0 Å². The lowest BCUT2D eigenvalue weighted by Gasteiger charge is -2.27. The number of amides is 2. The Morgan fingerprint density at radius 2 is 2.14 bits per heavy atom. The molecule has 2 aliphatic carbocycles. The summed E-state index contributed by atoms with van der Waals surface area (Å²) in [6, 6.07) is 8.97. The standard InChI is InChI=1S/C18H23N3O/c1-12-5-7-14-3-2-4-17(16(14)9-12)21-18(22)20-15-8-6-13(10-15)11-19/h5,7,9,13,15,17H,2-4,6,8,10H2,1H3,(H2,20,21,22)/t13-,15+,17+/m0/s1. The van der Waals surface area contributed by atoms with Gasteiger partial charge < -0.3 is 10.6 Å². The van der Waals surface area contributed by atoms with Crippen LogP contribution in [0.2, 0.25) is 0 Å². The minimum Gasteiger partial charge on any atom is -0.335 e. The van der Waals surface area contributed by atoms with Crippen molar-refractivity contribution in [3.05, 3.63) is 34.9 Å². The number of nitriles is 1. The van der Waals surface area contributed by atoms with Crippen LogP contribution >= 0.6 is 0 Å². The number of fused-ring (bicyclic) bond motifs is 1. The molecule has 2 aliphatic rings. The van der Waals surface area contributed by atoms with E-state index in [0.29, 0.717) is 0 Å². The lowest BCUT2D eigenvalue weighted by atomic mass is 9.87. The minimum atomic E-state index is -0.0945. The number of benzene rings is 1. The van der Waals surface area contributed by atoms with E-state index in [0.717, 1.165) is 38.5 Å². The fraction of sp³-hybridized carbons (Fsp3) is 0.556. The van der Waals surface area contributed by atoms with E-state index in [2.05, 4.69) is 41.8 Å². The van der Waals surface area contributed by atoms with Gasteiger partial charge in [-0.3, -0.25) is 0 Å². The van der Waals surface area contributed by atoms with Gasteiger partial charge in [-0.25, -0.2) is 4.79 Å². The second-order valence-electron chi connectivity index (χ2n) is 6.60. The largest absolute Gasteiger partial charge is 0.335 e. The van der Waals surface area contributed by atoms with Crippen molar-refractivity contribution in [2.45, 2.75) is 57.5 Å². The Hall–Kier alpha value is -2.02. The summed E-state index contributed by atoms with van der Waals surface area (Å²) >= 11 is 0. The number of carbonyl (C=O) groups excluding carboxylic acids is 1. The Balaban J connectivity index is 1.61. The maximum absolute atomic E-state index is 12.3. The van der Waals surface area contributed by atoms with E-state index in [1.807, 2.05) is 0 Å². The van der Waals surface area contributed by atoms with Gasteiger partial charge in [-0.15, -0.1) is 0 Å². The van der Waals surface area contributed by atoms with E-state index in [1.165, 1.54) is 16.7 Å². The van der Waals surface area contributed by atoms with E-state index in [-0.39, 0.29) is 24.0 Å². The van der Waals surface area contributed by atoms with Crippen molar-refractivity contribution in [3.63, 3.8) is 0 Å². The summed E-state index contributed by atoms with van der Waals surface area (Å²) in [5.41, 5.74) is 3.86. The van der Waals surface area contributed by atoms with E-state index >= 15 is 0 Å². The van der Waals surface area contributed by atoms with Crippen LogP contribution in [0.25, 0.3) is 0 Å². The van der Waals surface area contributed by atoms with Gasteiger partial charge in [0.1, 0.15) is 0 Å². The SMILES string of the molecule is Cc1ccc2c(c1)[C@H](NC(=O)N[C@@H]1CC[C@H](C#N)C1)CCC2. The third-order valence-electron chi connectivity index (χ3n) is 4.87. The number of hydrogen-bond donors (Lipinski definition) is 2. The third-order valence-corrected chi connectivity index (χ3v) is 4.87. The van der Waals surface area contributed by atoms with Gasteiger partial charge in [0.05, 0.1) is 12.1 Å². The van der Waals surface area contributed by atoms with Crippen LogP contribution in [0.1, 0.15) is 54.8 Å². The molecular weight excluding hydrogens is 274 g/mol. The summed E-state index contributed by atoms with van der Waals surface area (Å²) in [6.07, 6.45) is 5.79. The van der Waals surface area contributed by atoms with Crippen molar-refractivity contribution in [3.8, 4) is 6.07 Å². The van der Waals surface area contributed by atoms with Gasteiger partial charge in [0.25, 0.3) is 0 Å². The minimum absolute atomic E-state index is 0.0945. The zero-order chi connectivity index (χ0) is 15.5. The maximum Gasteiger partial charge on any atom is 0.315 e. The summed E-state index contributed by atoms with van der Waals surface area (Å²) in [5.74, 6) is 0.100. The molecule has 0 spiro atoms. The molecule has 116 valence electrons. The van der Waals surface area contributed by atoms with Crippen molar-refractivity contribution in [2.24, 2.45) is 5.92 Å². The first-order valence-electron chi connectivity index (χ1n) is 8.22.